The van der Waals surface area contributed by atoms with Crippen LogP contribution in [0.5, 0.6) is 0 Å². The van der Waals surface area contributed by atoms with Crippen molar-refractivity contribution in [3.63, 3.8) is 0 Å². The van der Waals surface area contributed by atoms with E-state index in [-0.39, 0.29) is 0 Å². The highest BCUT2D eigenvalue weighted by Gasteiger charge is 2.47. The van der Waals surface area contributed by atoms with Gasteiger partial charge in [-0.05, 0) is 83.8 Å². The van der Waals surface area contributed by atoms with E-state index in [2.05, 4.69) is 110 Å². The normalized spacial score (nSPS) is 13.7. The van der Waals surface area contributed by atoms with Crippen LogP contribution in [0.15, 0.2) is 71.2 Å². The average molecular weight is 483 g/mol. The summed E-state index contributed by atoms with van der Waals surface area (Å²) in [5, 5.41) is 0. The molecule has 32 heavy (non-hydrogen) atoms. The summed E-state index contributed by atoms with van der Waals surface area (Å²) in [6.45, 7) is 8.40. The molecular formula is C29H27BrN2. The van der Waals surface area contributed by atoms with Crippen molar-refractivity contribution < 1.29 is 0 Å². The van der Waals surface area contributed by atoms with Crippen LogP contribution < -0.4 is 11.5 Å². The molecule has 0 fully saturated rings. The van der Waals surface area contributed by atoms with Crippen LogP contribution in [0.25, 0.3) is 11.1 Å². The predicted octanol–water partition coefficient (Wildman–Crippen LogP) is 7.21. The van der Waals surface area contributed by atoms with Gasteiger partial charge in [0.05, 0.1) is 5.41 Å². The Hall–Kier alpha value is -3.04. The second-order valence-electron chi connectivity index (χ2n) is 9.01. The molecule has 160 valence electrons. The van der Waals surface area contributed by atoms with Gasteiger partial charge in [-0.2, -0.15) is 0 Å². The van der Waals surface area contributed by atoms with Gasteiger partial charge < -0.3 is 11.5 Å². The third kappa shape index (κ3) is 2.70. The van der Waals surface area contributed by atoms with Crippen molar-refractivity contribution in [3.05, 3.63) is 116 Å². The fourth-order valence-corrected chi connectivity index (χ4v) is 6.03. The maximum Gasteiger partial charge on any atom is 0.0714 e. The van der Waals surface area contributed by atoms with Gasteiger partial charge in [-0.15, -0.1) is 0 Å². The summed E-state index contributed by atoms with van der Waals surface area (Å²) in [4.78, 5) is 0. The van der Waals surface area contributed by atoms with Gasteiger partial charge in [0.2, 0.25) is 0 Å². The molecule has 0 aromatic heterocycles. The van der Waals surface area contributed by atoms with Crippen molar-refractivity contribution >= 4 is 27.3 Å². The standard InChI is InChI=1S/C29H27BrN2/c1-16-12-20(13-17(2)27(16)31)29(21-14-18(3)28(32)19(4)15-21)23-9-6-5-8-22(23)26-24(29)10-7-11-25(26)30/h5-15H,31-32H2,1-4H3. The maximum absolute atomic E-state index is 6.39. The van der Waals surface area contributed by atoms with E-state index in [9.17, 15) is 0 Å². The number of anilines is 2. The number of halogens is 1. The summed E-state index contributed by atoms with van der Waals surface area (Å²) in [5.74, 6) is 0. The average Bonchev–Trinajstić information content (AvgIpc) is 3.07. The minimum atomic E-state index is -0.456. The highest BCUT2D eigenvalue weighted by molar-refractivity contribution is 9.10. The maximum atomic E-state index is 6.39. The third-order valence-corrected chi connectivity index (χ3v) is 7.73. The van der Waals surface area contributed by atoms with Crippen LogP contribution in [0.1, 0.15) is 44.5 Å². The van der Waals surface area contributed by atoms with E-state index in [1.165, 1.54) is 33.4 Å². The van der Waals surface area contributed by atoms with Gasteiger partial charge in [0.1, 0.15) is 0 Å². The molecule has 3 heteroatoms. The highest BCUT2D eigenvalue weighted by Crippen LogP contribution is 2.58. The quantitative estimate of drug-likeness (QED) is 0.261. The van der Waals surface area contributed by atoms with Crippen LogP contribution >= 0.6 is 15.9 Å². The van der Waals surface area contributed by atoms with Crippen LogP contribution in [0.2, 0.25) is 0 Å². The van der Waals surface area contributed by atoms with E-state index in [1.54, 1.807) is 0 Å². The minimum absolute atomic E-state index is 0.456. The van der Waals surface area contributed by atoms with Crippen molar-refractivity contribution in [3.8, 4) is 11.1 Å². The van der Waals surface area contributed by atoms with E-state index in [0.717, 1.165) is 38.1 Å². The molecule has 0 unspecified atom stereocenters. The molecule has 0 amide bonds. The number of rotatable bonds is 2. The van der Waals surface area contributed by atoms with E-state index >= 15 is 0 Å². The smallest absolute Gasteiger partial charge is 0.0714 e. The predicted molar refractivity (Wildman–Crippen MR) is 139 cm³/mol. The molecule has 1 aliphatic rings. The molecule has 1 aliphatic carbocycles. The number of hydrogen-bond acceptors (Lipinski definition) is 2. The topological polar surface area (TPSA) is 52.0 Å². The number of benzene rings is 4. The van der Waals surface area contributed by atoms with Crippen LogP contribution in [-0.4, -0.2) is 0 Å². The van der Waals surface area contributed by atoms with Crippen LogP contribution in [-0.2, 0) is 5.41 Å². The van der Waals surface area contributed by atoms with E-state index in [4.69, 9.17) is 11.5 Å². The van der Waals surface area contributed by atoms with E-state index in [1.807, 2.05) is 0 Å². The highest BCUT2D eigenvalue weighted by atomic mass is 79.9. The molecule has 0 bridgehead atoms. The Morgan fingerprint density at radius 1 is 0.625 bits per heavy atom. The molecular weight excluding hydrogens is 456 g/mol. The Labute approximate surface area is 198 Å². The lowest BCUT2D eigenvalue weighted by Gasteiger charge is -2.35. The molecule has 0 aliphatic heterocycles. The summed E-state index contributed by atoms with van der Waals surface area (Å²) in [5.41, 5.74) is 26.0. The first-order valence-electron chi connectivity index (χ1n) is 10.9. The van der Waals surface area contributed by atoms with Gasteiger partial charge in [0, 0.05) is 21.4 Å². The first-order chi connectivity index (χ1) is 15.3. The fourth-order valence-electron chi connectivity index (χ4n) is 5.45. The summed E-state index contributed by atoms with van der Waals surface area (Å²) in [6, 6.07) is 24.3. The lowest BCUT2D eigenvalue weighted by molar-refractivity contribution is 0.764. The number of hydrogen-bond donors (Lipinski definition) is 2. The molecule has 0 heterocycles. The molecule has 4 N–H and O–H groups in total. The summed E-state index contributed by atoms with van der Waals surface area (Å²) in [7, 11) is 0. The first-order valence-corrected chi connectivity index (χ1v) is 11.7. The van der Waals surface area contributed by atoms with Crippen molar-refractivity contribution in [1.82, 2.24) is 0 Å². The van der Waals surface area contributed by atoms with Gasteiger partial charge in [-0.3, -0.25) is 0 Å². The molecule has 0 radical (unpaired) electrons. The van der Waals surface area contributed by atoms with Crippen molar-refractivity contribution in [2.45, 2.75) is 33.1 Å². The van der Waals surface area contributed by atoms with Crippen LogP contribution in [0.3, 0.4) is 0 Å². The second kappa shape index (κ2) is 7.25. The molecule has 4 aromatic carbocycles. The number of aryl methyl sites for hydroxylation is 4. The first kappa shape index (κ1) is 20.8. The zero-order chi connectivity index (χ0) is 22.8. The summed E-state index contributed by atoms with van der Waals surface area (Å²) in [6.07, 6.45) is 0. The Morgan fingerprint density at radius 3 is 1.62 bits per heavy atom. The van der Waals surface area contributed by atoms with Crippen molar-refractivity contribution in [2.24, 2.45) is 0 Å². The number of fused-ring (bicyclic) bond motifs is 3. The summed E-state index contributed by atoms with van der Waals surface area (Å²) < 4.78 is 1.11. The van der Waals surface area contributed by atoms with Crippen LogP contribution in [0.4, 0.5) is 11.4 Å². The molecule has 0 saturated carbocycles. The molecule has 0 atom stereocenters. The zero-order valence-electron chi connectivity index (χ0n) is 18.9. The molecule has 5 rings (SSSR count). The Balaban J connectivity index is 2.02. The molecule has 4 aromatic rings. The molecule has 0 spiro atoms. The monoisotopic (exact) mass is 482 g/mol. The third-order valence-electron chi connectivity index (χ3n) is 7.07. The Kier molecular flexibility index (Phi) is 4.72. The minimum Gasteiger partial charge on any atom is -0.398 e. The van der Waals surface area contributed by atoms with Gasteiger partial charge in [0.25, 0.3) is 0 Å². The molecule has 0 saturated heterocycles. The Bertz CT molecular complexity index is 1300. The van der Waals surface area contributed by atoms with Gasteiger partial charge >= 0.3 is 0 Å². The Morgan fingerprint density at radius 2 is 1.09 bits per heavy atom. The van der Waals surface area contributed by atoms with Gasteiger partial charge in [-0.25, -0.2) is 0 Å². The molecule has 2 nitrogen and oxygen atoms in total. The lowest BCUT2D eigenvalue weighted by Crippen LogP contribution is -2.29. The SMILES string of the molecule is Cc1cc(C2(c3cc(C)c(N)c(C)c3)c3ccccc3-c3c(Br)cccc32)cc(C)c1N. The largest absolute Gasteiger partial charge is 0.398 e. The van der Waals surface area contributed by atoms with Gasteiger partial charge in [-0.1, -0.05) is 76.6 Å². The summed E-state index contributed by atoms with van der Waals surface area (Å²) >= 11 is 3.86. The van der Waals surface area contributed by atoms with Crippen molar-refractivity contribution in [1.29, 1.82) is 0 Å². The van der Waals surface area contributed by atoms with Crippen molar-refractivity contribution in [2.75, 3.05) is 11.5 Å². The van der Waals surface area contributed by atoms with Gasteiger partial charge in [0.15, 0.2) is 0 Å². The lowest BCUT2D eigenvalue weighted by atomic mass is 9.66. The number of nitrogens with two attached hydrogens (primary N) is 2. The van der Waals surface area contributed by atoms with Crippen LogP contribution in [0, 0.1) is 27.7 Å². The zero-order valence-corrected chi connectivity index (χ0v) is 20.5. The van der Waals surface area contributed by atoms with E-state index < -0.39 is 5.41 Å². The number of nitrogen functional groups attached to an aromatic ring is 2. The fraction of sp³-hybridized carbons (Fsp3) is 0.172. The van der Waals surface area contributed by atoms with E-state index in [0.29, 0.717) is 0 Å². The second-order valence-corrected chi connectivity index (χ2v) is 9.86.